The predicted octanol–water partition coefficient (Wildman–Crippen LogP) is 3.32. The van der Waals surface area contributed by atoms with E-state index >= 15 is 0 Å². The van der Waals surface area contributed by atoms with Crippen molar-refractivity contribution in [2.75, 3.05) is 24.3 Å². The van der Waals surface area contributed by atoms with Crippen molar-refractivity contribution < 1.29 is 13.2 Å². The largest absolute Gasteiger partial charge is 0.381 e. The predicted molar refractivity (Wildman–Crippen MR) is 81.6 cm³/mol. The maximum absolute atomic E-state index is 12.7. The number of ether oxygens (including phenoxy) is 1. The van der Waals surface area contributed by atoms with Gasteiger partial charge in [-0.3, -0.25) is 0 Å². The van der Waals surface area contributed by atoms with Crippen molar-refractivity contribution in [1.82, 2.24) is 0 Å². The van der Waals surface area contributed by atoms with Crippen LogP contribution in [-0.4, -0.2) is 38.0 Å². The van der Waals surface area contributed by atoms with Gasteiger partial charge in [-0.2, -0.15) is 0 Å². The standard InChI is InChI=1S/C14H25BrO3S/c15-11-14(7-3-1-2-4-8-14)12-19(16,17)13-5-9-18-10-6-13/h13H,1-12H2. The third kappa shape index (κ3) is 4.18. The zero-order valence-electron chi connectivity index (χ0n) is 11.6. The zero-order valence-corrected chi connectivity index (χ0v) is 14.0. The van der Waals surface area contributed by atoms with E-state index in [0.717, 1.165) is 18.2 Å². The van der Waals surface area contributed by atoms with Crippen LogP contribution in [0, 0.1) is 5.41 Å². The summed E-state index contributed by atoms with van der Waals surface area (Å²) in [6.07, 6.45) is 8.34. The minimum atomic E-state index is -2.98. The highest BCUT2D eigenvalue weighted by Gasteiger charge is 2.38. The molecule has 112 valence electrons. The molecule has 1 heterocycles. The number of hydrogen-bond acceptors (Lipinski definition) is 3. The first-order chi connectivity index (χ1) is 9.08. The Hall–Kier alpha value is 0.390. The molecule has 1 saturated heterocycles. The summed E-state index contributed by atoms with van der Waals surface area (Å²) in [5, 5.41) is 0.656. The van der Waals surface area contributed by atoms with E-state index in [1.807, 2.05) is 0 Å². The van der Waals surface area contributed by atoms with Crippen LogP contribution in [0.4, 0.5) is 0 Å². The van der Waals surface area contributed by atoms with Gasteiger partial charge in [-0.25, -0.2) is 8.42 Å². The lowest BCUT2D eigenvalue weighted by Gasteiger charge is -2.33. The lowest BCUT2D eigenvalue weighted by atomic mass is 9.85. The van der Waals surface area contributed by atoms with Crippen LogP contribution >= 0.6 is 15.9 Å². The number of sulfone groups is 1. The second-order valence-electron chi connectivity index (χ2n) is 6.17. The molecule has 2 aliphatic rings. The summed E-state index contributed by atoms with van der Waals surface area (Å²) in [5.74, 6) is 0.371. The molecule has 0 unspecified atom stereocenters. The first-order valence-electron chi connectivity index (χ1n) is 7.43. The minimum absolute atomic E-state index is 0.0202. The lowest BCUT2D eigenvalue weighted by Crippen LogP contribution is -2.38. The van der Waals surface area contributed by atoms with Crippen LogP contribution in [-0.2, 0) is 14.6 Å². The maximum atomic E-state index is 12.7. The lowest BCUT2D eigenvalue weighted by molar-refractivity contribution is 0.0981. The molecule has 0 spiro atoms. The highest BCUT2D eigenvalue weighted by molar-refractivity contribution is 9.09. The van der Waals surface area contributed by atoms with E-state index < -0.39 is 9.84 Å². The van der Waals surface area contributed by atoms with Crippen LogP contribution in [0.1, 0.15) is 51.4 Å². The summed E-state index contributed by atoms with van der Waals surface area (Å²) < 4.78 is 30.6. The molecule has 0 radical (unpaired) electrons. The summed E-state index contributed by atoms with van der Waals surface area (Å²) in [6, 6.07) is 0. The van der Waals surface area contributed by atoms with Crippen molar-refractivity contribution in [2.24, 2.45) is 5.41 Å². The van der Waals surface area contributed by atoms with Crippen LogP contribution in [0.25, 0.3) is 0 Å². The van der Waals surface area contributed by atoms with E-state index in [2.05, 4.69) is 15.9 Å². The Labute approximate surface area is 125 Å². The van der Waals surface area contributed by atoms with Gasteiger partial charge in [0.05, 0.1) is 11.0 Å². The van der Waals surface area contributed by atoms with Crippen LogP contribution < -0.4 is 0 Å². The van der Waals surface area contributed by atoms with E-state index in [-0.39, 0.29) is 10.7 Å². The van der Waals surface area contributed by atoms with Crippen LogP contribution in [0.15, 0.2) is 0 Å². The van der Waals surface area contributed by atoms with Gasteiger partial charge >= 0.3 is 0 Å². The average molecular weight is 353 g/mol. The third-order valence-corrected chi connectivity index (χ3v) is 8.32. The third-order valence-electron chi connectivity index (χ3n) is 4.63. The summed E-state index contributed by atoms with van der Waals surface area (Å²) in [7, 11) is -2.98. The van der Waals surface area contributed by atoms with Crippen molar-refractivity contribution >= 4 is 25.8 Å². The Kier molecular flexibility index (Phi) is 5.73. The SMILES string of the molecule is O=S(=O)(CC1(CBr)CCCCCC1)C1CCOCC1. The number of alkyl halides is 1. The van der Waals surface area contributed by atoms with Gasteiger partial charge in [0.15, 0.2) is 9.84 Å². The molecule has 19 heavy (non-hydrogen) atoms. The fraction of sp³-hybridized carbons (Fsp3) is 1.00. The molecule has 0 aromatic carbocycles. The van der Waals surface area contributed by atoms with Gasteiger partial charge in [0.25, 0.3) is 0 Å². The molecule has 0 atom stereocenters. The van der Waals surface area contributed by atoms with E-state index in [4.69, 9.17) is 4.74 Å². The molecular weight excluding hydrogens is 328 g/mol. The van der Waals surface area contributed by atoms with Gasteiger partial charge in [0.2, 0.25) is 0 Å². The van der Waals surface area contributed by atoms with Crippen molar-refractivity contribution in [2.45, 2.75) is 56.6 Å². The minimum Gasteiger partial charge on any atom is -0.381 e. The summed E-state index contributed by atoms with van der Waals surface area (Å²) in [6.45, 7) is 1.20. The van der Waals surface area contributed by atoms with Gasteiger partial charge in [-0.05, 0) is 31.1 Å². The van der Waals surface area contributed by atoms with Gasteiger partial charge in [0.1, 0.15) is 0 Å². The maximum Gasteiger partial charge on any atom is 0.153 e. The summed E-state index contributed by atoms with van der Waals surface area (Å²) in [5.41, 5.74) is -0.0202. The Bertz CT molecular complexity index is 366. The monoisotopic (exact) mass is 352 g/mol. The van der Waals surface area contributed by atoms with Crippen LogP contribution in [0.2, 0.25) is 0 Å². The first kappa shape index (κ1) is 15.8. The van der Waals surface area contributed by atoms with Gasteiger partial charge in [0, 0.05) is 18.5 Å². The molecule has 3 nitrogen and oxygen atoms in total. The smallest absolute Gasteiger partial charge is 0.153 e. The molecule has 1 saturated carbocycles. The molecule has 0 bridgehead atoms. The van der Waals surface area contributed by atoms with E-state index in [1.54, 1.807) is 0 Å². The summed E-state index contributed by atoms with van der Waals surface area (Å²) in [4.78, 5) is 0. The molecule has 0 N–H and O–H groups in total. The van der Waals surface area contributed by atoms with Gasteiger partial charge in [-0.1, -0.05) is 41.6 Å². The number of rotatable bonds is 4. The normalized spacial score (nSPS) is 25.9. The molecule has 2 fully saturated rings. The average Bonchev–Trinajstić information content (AvgIpc) is 2.65. The quantitative estimate of drug-likeness (QED) is 0.575. The van der Waals surface area contributed by atoms with Crippen molar-refractivity contribution in [3.63, 3.8) is 0 Å². The Morgan fingerprint density at radius 3 is 2.16 bits per heavy atom. The molecule has 0 amide bonds. The fourth-order valence-corrected chi connectivity index (χ4v) is 6.79. The Balaban J connectivity index is 2.07. The Morgan fingerprint density at radius 2 is 1.63 bits per heavy atom. The fourth-order valence-electron chi connectivity index (χ4n) is 3.37. The van der Waals surface area contributed by atoms with Crippen LogP contribution in [0.5, 0.6) is 0 Å². The van der Waals surface area contributed by atoms with E-state index in [1.165, 1.54) is 25.7 Å². The molecule has 2 rings (SSSR count). The summed E-state index contributed by atoms with van der Waals surface area (Å²) >= 11 is 3.59. The van der Waals surface area contributed by atoms with Crippen molar-refractivity contribution in [3.05, 3.63) is 0 Å². The Morgan fingerprint density at radius 1 is 1.05 bits per heavy atom. The number of halogens is 1. The van der Waals surface area contributed by atoms with Gasteiger partial charge < -0.3 is 4.74 Å². The molecule has 0 aromatic rings. The van der Waals surface area contributed by atoms with Crippen molar-refractivity contribution in [3.8, 4) is 0 Å². The highest BCUT2D eigenvalue weighted by atomic mass is 79.9. The number of hydrogen-bond donors (Lipinski definition) is 0. The molecule has 5 heteroatoms. The van der Waals surface area contributed by atoms with E-state index in [0.29, 0.717) is 31.8 Å². The molecule has 1 aliphatic heterocycles. The van der Waals surface area contributed by atoms with Crippen LogP contribution in [0.3, 0.4) is 0 Å². The second-order valence-corrected chi connectivity index (χ2v) is 9.01. The molecule has 1 aliphatic carbocycles. The topological polar surface area (TPSA) is 43.4 Å². The highest BCUT2D eigenvalue weighted by Crippen LogP contribution is 2.39. The molecular formula is C14H25BrO3S. The van der Waals surface area contributed by atoms with Crippen molar-refractivity contribution in [1.29, 1.82) is 0 Å². The zero-order chi connectivity index (χ0) is 13.8. The second kappa shape index (κ2) is 6.90. The molecule has 0 aromatic heterocycles. The van der Waals surface area contributed by atoms with E-state index in [9.17, 15) is 8.42 Å². The van der Waals surface area contributed by atoms with Gasteiger partial charge in [-0.15, -0.1) is 0 Å². The first-order valence-corrected chi connectivity index (χ1v) is 10.3.